The summed E-state index contributed by atoms with van der Waals surface area (Å²) in [6, 6.07) is 23.7. The SMILES string of the molecule is CN1C(=O)N(Cc2ccc(Cl)cc2)C(=O)C2C1N=C1N(c3ccc(Oc4ccccc4)cc3)CCN12. The molecule has 0 aliphatic carbocycles. The Morgan fingerprint density at radius 3 is 2.33 bits per heavy atom. The fourth-order valence-corrected chi connectivity index (χ4v) is 5.04. The molecule has 3 heterocycles. The van der Waals surface area contributed by atoms with E-state index < -0.39 is 12.2 Å². The Balaban J connectivity index is 1.21. The average Bonchev–Trinajstić information content (AvgIpc) is 3.47. The fraction of sp³-hybridized carbons (Fsp3) is 0.222. The number of nitrogens with zero attached hydrogens (tertiary/aromatic N) is 5. The van der Waals surface area contributed by atoms with Crippen LogP contribution in [0.5, 0.6) is 11.5 Å². The minimum Gasteiger partial charge on any atom is -0.457 e. The van der Waals surface area contributed by atoms with Gasteiger partial charge >= 0.3 is 6.03 Å². The van der Waals surface area contributed by atoms with Crippen LogP contribution in [0.1, 0.15) is 5.56 Å². The summed E-state index contributed by atoms with van der Waals surface area (Å²) < 4.78 is 5.91. The van der Waals surface area contributed by atoms with Crippen LogP contribution in [-0.2, 0) is 11.3 Å². The lowest BCUT2D eigenvalue weighted by Gasteiger charge is -2.40. The molecule has 0 bridgehead atoms. The number of carbonyl (C=O) groups is 2. The van der Waals surface area contributed by atoms with Crippen LogP contribution in [0.2, 0.25) is 5.02 Å². The van der Waals surface area contributed by atoms with Gasteiger partial charge < -0.3 is 19.4 Å². The lowest BCUT2D eigenvalue weighted by molar-refractivity contribution is -0.137. The predicted octanol–water partition coefficient (Wildman–Crippen LogP) is 4.41. The van der Waals surface area contributed by atoms with Crippen molar-refractivity contribution >= 4 is 35.2 Å². The van der Waals surface area contributed by atoms with Crippen molar-refractivity contribution in [3.05, 3.63) is 89.4 Å². The second-order valence-electron chi connectivity index (χ2n) is 8.99. The number of rotatable bonds is 5. The lowest BCUT2D eigenvalue weighted by atomic mass is 10.1. The molecule has 3 aliphatic heterocycles. The van der Waals surface area contributed by atoms with Gasteiger partial charge in [-0.15, -0.1) is 0 Å². The highest BCUT2D eigenvalue weighted by molar-refractivity contribution is 6.30. The number of hydrogen-bond donors (Lipinski definition) is 0. The fourth-order valence-electron chi connectivity index (χ4n) is 4.92. The number of aliphatic imine (C=N–C) groups is 1. The van der Waals surface area contributed by atoms with E-state index in [0.29, 0.717) is 24.1 Å². The summed E-state index contributed by atoms with van der Waals surface area (Å²) >= 11 is 5.99. The summed E-state index contributed by atoms with van der Waals surface area (Å²) in [6.45, 7) is 1.53. The van der Waals surface area contributed by atoms with E-state index in [0.717, 1.165) is 22.7 Å². The quantitative estimate of drug-likeness (QED) is 0.518. The Morgan fingerprint density at radius 1 is 0.917 bits per heavy atom. The van der Waals surface area contributed by atoms with Gasteiger partial charge in [0.25, 0.3) is 5.91 Å². The summed E-state index contributed by atoms with van der Waals surface area (Å²) in [6.07, 6.45) is -0.551. The maximum Gasteiger partial charge on any atom is 0.328 e. The molecule has 2 saturated heterocycles. The molecule has 6 rings (SSSR count). The van der Waals surface area contributed by atoms with Crippen molar-refractivity contribution < 1.29 is 14.3 Å². The molecule has 182 valence electrons. The molecule has 9 heteroatoms. The van der Waals surface area contributed by atoms with Crippen molar-refractivity contribution in [3.63, 3.8) is 0 Å². The highest BCUT2D eigenvalue weighted by Gasteiger charge is 2.54. The Kier molecular flexibility index (Phi) is 5.53. The molecule has 36 heavy (non-hydrogen) atoms. The van der Waals surface area contributed by atoms with Gasteiger partial charge in [0.05, 0.1) is 6.54 Å². The third kappa shape index (κ3) is 3.83. The topological polar surface area (TPSA) is 68.7 Å². The summed E-state index contributed by atoms with van der Waals surface area (Å²) in [4.78, 5) is 38.4. The number of ether oxygens (including phenoxy) is 1. The number of benzene rings is 3. The Labute approximate surface area is 213 Å². The Hall–Kier alpha value is -4.04. The number of urea groups is 1. The maximum atomic E-state index is 13.5. The number of fused-ring (bicyclic) bond motifs is 3. The summed E-state index contributed by atoms with van der Waals surface area (Å²) in [5, 5.41) is 0.609. The van der Waals surface area contributed by atoms with E-state index in [1.165, 1.54) is 4.90 Å². The summed E-state index contributed by atoms with van der Waals surface area (Å²) in [7, 11) is 1.70. The van der Waals surface area contributed by atoms with E-state index >= 15 is 0 Å². The maximum absolute atomic E-state index is 13.5. The Morgan fingerprint density at radius 2 is 1.61 bits per heavy atom. The molecule has 3 aliphatic rings. The molecule has 2 atom stereocenters. The largest absolute Gasteiger partial charge is 0.457 e. The third-order valence-electron chi connectivity index (χ3n) is 6.76. The van der Waals surface area contributed by atoms with Crippen LogP contribution in [0.25, 0.3) is 0 Å². The molecule has 3 amide bonds. The van der Waals surface area contributed by atoms with Gasteiger partial charge in [-0.25, -0.2) is 9.79 Å². The summed E-state index contributed by atoms with van der Waals surface area (Å²) in [5.74, 6) is 1.99. The van der Waals surface area contributed by atoms with Crippen LogP contribution in [0.15, 0.2) is 83.9 Å². The first-order valence-corrected chi connectivity index (χ1v) is 12.1. The molecule has 0 radical (unpaired) electrons. The highest BCUT2D eigenvalue weighted by Crippen LogP contribution is 2.34. The molecule has 3 aromatic rings. The normalized spacial score (nSPS) is 21.0. The number of anilines is 1. The molecule has 0 aromatic heterocycles. The van der Waals surface area contributed by atoms with Gasteiger partial charge in [-0.1, -0.05) is 41.9 Å². The van der Waals surface area contributed by atoms with E-state index in [-0.39, 0.29) is 18.5 Å². The standard InChI is InChI=1S/C27H24ClN5O3/c1-30-24-23(25(34)33(27(30)35)17-18-7-9-19(28)10-8-18)32-16-15-31(26(32)29-24)20-11-13-22(14-12-20)36-21-5-3-2-4-6-21/h2-14,23-24H,15-17H2,1H3. The number of imide groups is 1. The van der Waals surface area contributed by atoms with E-state index in [1.807, 2.05) is 71.6 Å². The number of carbonyl (C=O) groups excluding carboxylic acids is 2. The average molecular weight is 502 g/mol. The van der Waals surface area contributed by atoms with Gasteiger partial charge in [0.2, 0.25) is 5.96 Å². The van der Waals surface area contributed by atoms with Crippen molar-refractivity contribution in [2.45, 2.75) is 18.8 Å². The van der Waals surface area contributed by atoms with Crippen LogP contribution in [0.4, 0.5) is 10.5 Å². The third-order valence-corrected chi connectivity index (χ3v) is 7.01. The van der Waals surface area contributed by atoms with Gasteiger partial charge in [-0.2, -0.15) is 0 Å². The molecule has 2 unspecified atom stereocenters. The number of hydrogen-bond acceptors (Lipinski definition) is 6. The first-order valence-electron chi connectivity index (χ1n) is 11.8. The van der Waals surface area contributed by atoms with Gasteiger partial charge in [-0.05, 0) is 54.1 Å². The Bertz CT molecular complexity index is 1330. The molecule has 0 N–H and O–H groups in total. The van der Waals surface area contributed by atoms with Crippen LogP contribution in [0, 0.1) is 0 Å². The molecule has 2 fully saturated rings. The van der Waals surface area contributed by atoms with Gasteiger partial charge in [0.15, 0.2) is 12.2 Å². The lowest BCUT2D eigenvalue weighted by Crippen LogP contribution is -2.64. The first kappa shape index (κ1) is 22.4. The zero-order valence-corrected chi connectivity index (χ0v) is 20.4. The van der Waals surface area contributed by atoms with Crippen molar-refractivity contribution in [1.29, 1.82) is 0 Å². The number of amides is 3. The number of guanidine groups is 1. The molecule has 3 aromatic carbocycles. The monoisotopic (exact) mass is 501 g/mol. The predicted molar refractivity (Wildman–Crippen MR) is 137 cm³/mol. The second kappa shape index (κ2) is 8.87. The zero-order chi connectivity index (χ0) is 24.8. The highest BCUT2D eigenvalue weighted by atomic mass is 35.5. The van der Waals surface area contributed by atoms with Crippen LogP contribution in [-0.4, -0.2) is 64.9 Å². The van der Waals surface area contributed by atoms with E-state index in [9.17, 15) is 9.59 Å². The molecule has 0 spiro atoms. The minimum atomic E-state index is -0.551. The van der Waals surface area contributed by atoms with Gasteiger partial charge in [0, 0.05) is 30.8 Å². The second-order valence-corrected chi connectivity index (χ2v) is 9.42. The zero-order valence-electron chi connectivity index (χ0n) is 19.6. The number of likely N-dealkylation sites (N-methyl/N-ethyl adjacent to an activating group) is 1. The van der Waals surface area contributed by atoms with E-state index in [2.05, 4.69) is 4.90 Å². The van der Waals surface area contributed by atoms with Gasteiger partial charge in [0.1, 0.15) is 11.5 Å². The smallest absolute Gasteiger partial charge is 0.328 e. The van der Waals surface area contributed by atoms with Crippen LogP contribution < -0.4 is 9.64 Å². The summed E-state index contributed by atoms with van der Waals surface area (Å²) in [5.41, 5.74) is 1.79. The first-order chi connectivity index (χ1) is 17.5. The number of halogens is 1. The van der Waals surface area contributed by atoms with Crippen molar-refractivity contribution in [1.82, 2.24) is 14.7 Å². The minimum absolute atomic E-state index is 0.193. The van der Waals surface area contributed by atoms with E-state index in [4.69, 9.17) is 21.3 Å². The van der Waals surface area contributed by atoms with Crippen LogP contribution >= 0.6 is 11.6 Å². The number of para-hydroxylation sites is 1. The van der Waals surface area contributed by atoms with Gasteiger partial charge in [-0.3, -0.25) is 9.69 Å². The molecular weight excluding hydrogens is 478 g/mol. The van der Waals surface area contributed by atoms with Crippen molar-refractivity contribution in [2.24, 2.45) is 4.99 Å². The molecule has 0 saturated carbocycles. The van der Waals surface area contributed by atoms with Crippen molar-refractivity contribution in [2.75, 3.05) is 25.0 Å². The van der Waals surface area contributed by atoms with Crippen molar-refractivity contribution in [3.8, 4) is 11.5 Å². The molecular formula is C27H24ClN5O3. The molecule has 8 nitrogen and oxygen atoms in total. The van der Waals surface area contributed by atoms with E-state index in [1.54, 1.807) is 24.1 Å². The van der Waals surface area contributed by atoms with Crippen LogP contribution in [0.3, 0.4) is 0 Å².